The lowest BCUT2D eigenvalue weighted by molar-refractivity contribution is -0.321. The number of hydrogen-bond acceptors (Lipinski definition) is 18. The second-order valence-corrected chi connectivity index (χ2v) is 23.4. The molecule has 0 spiro atoms. The molecule has 0 aliphatic carbocycles. The van der Waals surface area contributed by atoms with E-state index in [-0.39, 0.29) is 74.7 Å². The summed E-state index contributed by atoms with van der Waals surface area (Å²) in [5.41, 5.74) is -3.26. The van der Waals surface area contributed by atoms with Gasteiger partial charge in [0.05, 0.1) is 73.5 Å². The van der Waals surface area contributed by atoms with E-state index in [9.17, 15) is 34.8 Å². The summed E-state index contributed by atoms with van der Waals surface area (Å²) in [6, 6.07) is 4.72. The molecule has 2 aromatic rings. The number of nitrogens with zero attached hydrogens (tertiary/aromatic N) is 3. The number of carbonyl (C=O) groups is 2. The number of rotatable bonds is 19. The number of benzene rings is 1. The van der Waals surface area contributed by atoms with Crippen molar-refractivity contribution in [1.82, 2.24) is 14.4 Å². The molecule has 19 heteroatoms. The van der Waals surface area contributed by atoms with E-state index in [2.05, 4.69) is 6.92 Å². The lowest BCUT2D eigenvalue weighted by Crippen LogP contribution is -2.61. The number of aliphatic hydroxyl groups is 4. The van der Waals surface area contributed by atoms with Crippen molar-refractivity contribution < 1.29 is 72.6 Å². The highest BCUT2D eigenvalue weighted by molar-refractivity contribution is 5.94. The van der Waals surface area contributed by atoms with Gasteiger partial charge in [-0.3, -0.25) is 9.59 Å². The number of hydrogen-bond donors (Lipinski definition) is 4. The molecular formula is C59H97N3O16. The zero-order chi connectivity index (χ0) is 58.0. The Morgan fingerprint density at radius 2 is 1.65 bits per heavy atom. The van der Waals surface area contributed by atoms with Crippen molar-refractivity contribution in [3.63, 3.8) is 0 Å². The predicted molar refractivity (Wildman–Crippen MR) is 297 cm³/mol. The number of ether oxygens (including phenoxy) is 9. The Hall–Kier alpha value is -3.41. The molecule has 444 valence electrons. The third-order valence-electron chi connectivity index (χ3n) is 16.6. The number of methoxy groups -OCH3 is 1. The Kier molecular flexibility index (Phi) is 23.9. The lowest BCUT2D eigenvalue weighted by Gasteiger charge is -2.49. The van der Waals surface area contributed by atoms with Crippen molar-refractivity contribution >= 4 is 28.9 Å². The van der Waals surface area contributed by atoms with Crippen LogP contribution in [0.1, 0.15) is 138 Å². The van der Waals surface area contributed by atoms with E-state index >= 15 is 0 Å². The summed E-state index contributed by atoms with van der Waals surface area (Å²) in [5, 5.41) is 48.6. The molecule has 3 aliphatic rings. The van der Waals surface area contributed by atoms with E-state index < -0.39 is 102 Å². The molecule has 1 aromatic heterocycles. The summed E-state index contributed by atoms with van der Waals surface area (Å²) in [7, 11) is 7.21. The van der Waals surface area contributed by atoms with Crippen LogP contribution in [0.5, 0.6) is 0 Å². The second kappa shape index (κ2) is 28.5. The van der Waals surface area contributed by atoms with Crippen LogP contribution in [0.15, 0.2) is 35.3 Å². The van der Waals surface area contributed by atoms with E-state index in [1.54, 1.807) is 54.0 Å². The molecule has 4 heterocycles. The number of cyclic esters (lactones) is 1. The predicted octanol–water partition coefficient (Wildman–Crippen LogP) is 5.95. The van der Waals surface area contributed by atoms with Crippen LogP contribution < -0.4 is 5.43 Å². The molecule has 0 amide bonds. The van der Waals surface area contributed by atoms with E-state index in [1.807, 2.05) is 94.4 Å². The maximum Gasteiger partial charge on any atom is 0.343 e. The molecule has 0 bridgehead atoms. The molecule has 1 aromatic carbocycles. The first-order valence-corrected chi connectivity index (χ1v) is 28.4. The van der Waals surface area contributed by atoms with Crippen molar-refractivity contribution in [2.24, 2.45) is 17.8 Å². The van der Waals surface area contributed by atoms with Crippen LogP contribution in [0.2, 0.25) is 0 Å². The molecule has 5 rings (SSSR count). The zero-order valence-electron chi connectivity index (χ0n) is 49.6. The minimum absolute atomic E-state index is 0.0102. The van der Waals surface area contributed by atoms with Gasteiger partial charge in [0, 0.05) is 56.2 Å². The van der Waals surface area contributed by atoms with Gasteiger partial charge in [0.15, 0.2) is 12.6 Å². The number of likely N-dealkylation sites (N-methyl/N-ethyl adjacent to an activating group) is 2. The third-order valence-corrected chi connectivity index (χ3v) is 16.6. The minimum Gasteiger partial charge on any atom is -0.462 e. The lowest BCUT2D eigenvalue weighted by atomic mass is 9.77. The number of unbranched alkanes of at least 4 members (excludes halogenated alkanes) is 1. The summed E-state index contributed by atoms with van der Waals surface area (Å²) in [6.45, 7) is 23.7. The molecule has 78 heavy (non-hydrogen) atoms. The normalized spacial score (nSPS) is 37.1. The monoisotopic (exact) mass is 1100 g/mol. The Bertz CT molecular complexity index is 2330. The minimum atomic E-state index is -1.84. The molecule has 4 N–H and O–H groups in total. The van der Waals surface area contributed by atoms with Gasteiger partial charge in [0.2, 0.25) is 5.43 Å². The first-order chi connectivity index (χ1) is 36.6. The largest absolute Gasteiger partial charge is 0.462 e. The van der Waals surface area contributed by atoms with E-state index in [1.165, 1.54) is 6.92 Å². The average Bonchev–Trinajstić information content (AvgIpc) is 3.42. The average molecular weight is 1100 g/mol. The fourth-order valence-electron chi connectivity index (χ4n) is 12.0. The summed E-state index contributed by atoms with van der Waals surface area (Å²) in [6.07, 6.45) is -0.961. The standard InChI is InChI=1S/C59H97N3O16/c1-17-20-25-62-34-43(55(67)72-19-3)48(63)42-30-41(23-24-44(42)62)22-21-26-71-27-28-73-53-40(9)75-47(32-58(53,11)70-16)77-50-37(6)52(78-56-49(64)45(60(13)14)29-36(5)74-56)57(10,68)31-35(4)33-61(15)39(8)51(65)59(12,69)46(18-2)76-54(66)38(50)7/h21-24,30,34-40,45-47,49-53,56,64-65,68-69H,17-20,25-29,31-33H2,1-16H3/b22-21+/t35-,36-,37+,38-,39-,40+,45+,46-,47?,49-,50+,51+,52-,53+,56+,57-,58-,59-/m1/s1. The molecule has 18 atom stereocenters. The molecule has 19 nitrogen and oxygen atoms in total. The van der Waals surface area contributed by atoms with Crippen molar-refractivity contribution in [3.8, 4) is 0 Å². The zero-order valence-corrected chi connectivity index (χ0v) is 49.6. The van der Waals surface area contributed by atoms with Gasteiger partial charge in [0.25, 0.3) is 0 Å². The Balaban J connectivity index is 1.36. The first-order valence-electron chi connectivity index (χ1n) is 28.4. The summed E-state index contributed by atoms with van der Waals surface area (Å²) >= 11 is 0. The van der Waals surface area contributed by atoms with Crippen LogP contribution in [-0.2, 0) is 54.0 Å². The van der Waals surface area contributed by atoms with Crippen LogP contribution >= 0.6 is 0 Å². The number of pyridine rings is 1. The van der Waals surface area contributed by atoms with E-state index in [0.717, 1.165) is 23.9 Å². The fourth-order valence-corrected chi connectivity index (χ4v) is 12.0. The number of carbonyl (C=O) groups excluding carboxylic acids is 2. The van der Waals surface area contributed by atoms with Crippen LogP contribution in [0.4, 0.5) is 0 Å². The number of fused-ring (bicyclic) bond motifs is 1. The molecule has 0 saturated carbocycles. The van der Waals surface area contributed by atoms with E-state index in [4.69, 9.17) is 42.6 Å². The molecule has 3 aliphatic heterocycles. The highest BCUT2D eigenvalue weighted by atomic mass is 16.7. The smallest absolute Gasteiger partial charge is 0.343 e. The second-order valence-electron chi connectivity index (χ2n) is 23.4. The Labute approximate surface area is 463 Å². The quantitative estimate of drug-likeness (QED) is 0.0942. The van der Waals surface area contributed by atoms with Gasteiger partial charge in [-0.15, -0.1) is 0 Å². The Morgan fingerprint density at radius 1 is 0.949 bits per heavy atom. The SMILES string of the molecule is CCCCn1cc(C(=O)OCC)c(=O)c2cc(/C=C/COCCO[C@H]3[C@H](C)OC(O[C@H]4[C@H](C)[C@@H](O[C@@H]5O[C@H](C)C[C@H](N(C)C)[C@H]5O)[C@](C)(O)C[C@@H](C)CN(C)[C@H](C)[C@H](O)[C@](C)(O)[C@@H](CC)OC(=O)[C@@H]4C)C[C@@]3(C)OC)ccc21. The van der Waals surface area contributed by atoms with Gasteiger partial charge in [-0.1, -0.05) is 52.3 Å². The van der Waals surface area contributed by atoms with Crippen LogP contribution in [-0.4, -0.2) is 198 Å². The van der Waals surface area contributed by atoms with Crippen LogP contribution in [0.25, 0.3) is 17.0 Å². The molecular weight excluding hydrogens is 1010 g/mol. The van der Waals surface area contributed by atoms with Crippen molar-refractivity contribution in [3.05, 3.63) is 51.8 Å². The van der Waals surface area contributed by atoms with Gasteiger partial charge < -0.3 is 77.4 Å². The van der Waals surface area contributed by atoms with Gasteiger partial charge in [-0.25, -0.2) is 4.79 Å². The highest BCUT2D eigenvalue weighted by Crippen LogP contribution is 2.41. The first kappa shape index (κ1) is 65.4. The molecule has 1 unspecified atom stereocenters. The Morgan fingerprint density at radius 3 is 2.29 bits per heavy atom. The van der Waals surface area contributed by atoms with Crippen LogP contribution in [0.3, 0.4) is 0 Å². The summed E-state index contributed by atoms with van der Waals surface area (Å²) < 4.78 is 58.6. The summed E-state index contributed by atoms with van der Waals surface area (Å²) in [4.78, 5) is 44.7. The van der Waals surface area contributed by atoms with Crippen molar-refractivity contribution in [2.45, 2.75) is 218 Å². The summed E-state index contributed by atoms with van der Waals surface area (Å²) in [5.74, 6) is -3.37. The number of aliphatic hydroxyl groups excluding tert-OH is 2. The van der Waals surface area contributed by atoms with Gasteiger partial charge in [-0.05, 0) is 126 Å². The molecule has 3 fully saturated rings. The highest BCUT2D eigenvalue weighted by Gasteiger charge is 2.53. The maximum atomic E-state index is 14.6. The van der Waals surface area contributed by atoms with Gasteiger partial charge >= 0.3 is 11.9 Å². The van der Waals surface area contributed by atoms with Crippen LogP contribution in [0, 0.1) is 17.8 Å². The topological polar surface area (TPSA) is 227 Å². The number of esters is 2. The van der Waals surface area contributed by atoms with Crippen molar-refractivity contribution in [1.29, 1.82) is 0 Å². The molecule has 3 saturated heterocycles. The maximum absolute atomic E-state index is 14.6. The molecule has 0 radical (unpaired) electrons. The van der Waals surface area contributed by atoms with Gasteiger partial charge in [0.1, 0.15) is 35.6 Å². The third kappa shape index (κ3) is 15.8. The van der Waals surface area contributed by atoms with E-state index in [0.29, 0.717) is 24.9 Å². The number of aryl methyl sites for hydroxylation is 1. The van der Waals surface area contributed by atoms with Gasteiger partial charge in [-0.2, -0.15) is 0 Å². The van der Waals surface area contributed by atoms with Crippen molar-refractivity contribution in [2.75, 3.05) is 61.2 Å². The fraction of sp³-hybridized carbons (Fsp3) is 0.780. The number of aromatic nitrogens is 1.